The van der Waals surface area contributed by atoms with Crippen LogP contribution >= 0.6 is 0 Å². The molecule has 0 saturated carbocycles. The van der Waals surface area contributed by atoms with Crippen LogP contribution in [0.2, 0.25) is 0 Å². The van der Waals surface area contributed by atoms with Crippen molar-refractivity contribution in [2.75, 3.05) is 0 Å². The Balaban J connectivity index is 2.46. The van der Waals surface area contributed by atoms with Crippen molar-refractivity contribution < 1.29 is 0 Å². The van der Waals surface area contributed by atoms with E-state index in [-0.39, 0.29) is 0 Å². The van der Waals surface area contributed by atoms with Crippen LogP contribution in [0, 0.1) is 5.92 Å². The van der Waals surface area contributed by atoms with Gasteiger partial charge in [-0.2, -0.15) is 0 Å². The molecule has 1 aromatic heterocycles. The molecule has 0 saturated heterocycles. The van der Waals surface area contributed by atoms with Crippen LogP contribution < -0.4 is 0 Å². The SMILES string of the molecule is CC(C)CCCn1nncc1C(C)C. The van der Waals surface area contributed by atoms with Gasteiger partial charge in [0.05, 0.1) is 11.9 Å². The van der Waals surface area contributed by atoms with Crippen molar-refractivity contribution in [3.63, 3.8) is 0 Å². The summed E-state index contributed by atoms with van der Waals surface area (Å²) in [4.78, 5) is 0. The lowest BCUT2D eigenvalue weighted by Crippen LogP contribution is -2.07. The van der Waals surface area contributed by atoms with Crippen LogP contribution in [0.15, 0.2) is 6.20 Å². The van der Waals surface area contributed by atoms with E-state index in [1.54, 1.807) is 0 Å². The minimum Gasteiger partial charge on any atom is -0.249 e. The molecule has 80 valence electrons. The van der Waals surface area contributed by atoms with E-state index in [0.717, 1.165) is 12.5 Å². The number of hydrogen-bond acceptors (Lipinski definition) is 2. The minimum atomic E-state index is 0.518. The van der Waals surface area contributed by atoms with Gasteiger partial charge in [-0.15, -0.1) is 5.10 Å². The van der Waals surface area contributed by atoms with E-state index in [0.29, 0.717) is 5.92 Å². The Morgan fingerprint density at radius 1 is 1.29 bits per heavy atom. The van der Waals surface area contributed by atoms with Gasteiger partial charge >= 0.3 is 0 Å². The van der Waals surface area contributed by atoms with E-state index in [1.165, 1.54) is 18.5 Å². The molecule has 0 amide bonds. The Morgan fingerprint density at radius 3 is 2.57 bits per heavy atom. The topological polar surface area (TPSA) is 30.7 Å². The fourth-order valence-corrected chi connectivity index (χ4v) is 1.54. The molecule has 0 aliphatic carbocycles. The Labute approximate surface area is 86.5 Å². The lowest BCUT2D eigenvalue weighted by Gasteiger charge is -2.09. The second-order valence-electron chi connectivity index (χ2n) is 4.57. The van der Waals surface area contributed by atoms with Crippen LogP contribution in [0.3, 0.4) is 0 Å². The highest BCUT2D eigenvalue weighted by atomic mass is 15.4. The molecular formula is C11H21N3. The van der Waals surface area contributed by atoms with Crippen LogP contribution in [0.1, 0.15) is 52.1 Å². The van der Waals surface area contributed by atoms with Crippen LogP contribution in [0.5, 0.6) is 0 Å². The number of aromatic nitrogens is 3. The van der Waals surface area contributed by atoms with Crippen LogP contribution in [-0.2, 0) is 6.54 Å². The van der Waals surface area contributed by atoms with E-state index >= 15 is 0 Å². The van der Waals surface area contributed by atoms with Gasteiger partial charge in [-0.25, -0.2) is 4.68 Å². The lowest BCUT2D eigenvalue weighted by molar-refractivity contribution is 0.468. The van der Waals surface area contributed by atoms with Crippen molar-refractivity contribution in [3.05, 3.63) is 11.9 Å². The standard InChI is InChI=1S/C11H21N3/c1-9(2)6-5-7-14-11(10(3)4)8-12-13-14/h8-10H,5-7H2,1-4H3. The molecule has 0 atom stereocenters. The molecule has 0 spiro atoms. The first-order chi connectivity index (χ1) is 6.61. The number of hydrogen-bond donors (Lipinski definition) is 0. The summed E-state index contributed by atoms with van der Waals surface area (Å²) in [5.41, 5.74) is 1.24. The van der Waals surface area contributed by atoms with Crippen LogP contribution in [0.4, 0.5) is 0 Å². The second kappa shape index (κ2) is 5.13. The minimum absolute atomic E-state index is 0.518. The zero-order chi connectivity index (χ0) is 10.6. The molecule has 0 N–H and O–H groups in total. The second-order valence-corrected chi connectivity index (χ2v) is 4.57. The molecule has 0 bridgehead atoms. The van der Waals surface area contributed by atoms with Crippen molar-refractivity contribution in [3.8, 4) is 0 Å². The maximum Gasteiger partial charge on any atom is 0.0727 e. The molecule has 0 aliphatic heterocycles. The normalized spacial score (nSPS) is 11.6. The highest BCUT2D eigenvalue weighted by Gasteiger charge is 2.07. The first-order valence-corrected chi connectivity index (χ1v) is 5.49. The molecule has 0 aromatic carbocycles. The fourth-order valence-electron chi connectivity index (χ4n) is 1.54. The smallest absolute Gasteiger partial charge is 0.0727 e. The molecule has 0 radical (unpaired) electrons. The Hall–Kier alpha value is -0.860. The number of rotatable bonds is 5. The summed E-state index contributed by atoms with van der Waals surface area (Å²) in [5.74, 6) is 1.30. The Bertz CT molecular complexity index is 263. The molecule has 14 heavy (non-hydrogen) atoms. The van der Waals surface area contributed by atoms with Gasteiger partial charge in [-0.1, -0.05) is 32.9 Å². The average Bonchev–Trinajstić information content (AvgIpc) is 2.51. The van der Waals surface area contributed by atoms with Gasteiger partial charge in [-0.3, -0.25) is 0 Å². The molecule has 0 unspecified atom stereocenters. The van der Waals surface area contributed by atoms with Gasteiger partial charge in [0, 0.05) is 6.54 Å². The summed E-state index contributed by atoms with van der Waals surface area (Å²) in [5, 5.41) is 8.06. The summed E-state index contributed by atoms with van der Waals surface area (Å²) in [6.07, 6.45) is 4.33. The summed E-state index contributed by atoms with van der Waals surface area (Å²) < 4.78 is 2.03. The fraction of sp³-hybridized carbons (Fsp3) is 0.818. The van der Waals surface area contributed by atoms with Crippen molar-refractivity contribution in [2.24, 2.45) is 5.92 Å². The van der Waals surface area contributed by atoms with Gasteiger partial charge in [-0.05, 0) is 24.7 Å². The monoisotopic (exact) mass is 195 g/mol. The van der Waals surface area contributed by atoms with Gasteiger partial charge < -0.3 is 0 Å². The summed E-state index contributed by atoms with van der Waals surface area (Å²) in [6, 6.07) is 0. The zero-order valence-corrected chi connectivity index (χ0v) is 9.70. The van der Waals surface area contributed by atoms with Crippen molar-refractivity contribution in [1.82, 2.24) is 15.0 Å². The molecule has 1 heterocycles. The molecule has 1 rings (SSSR count). The first kappa shape index (κ1) is 11.2. The molecular weight excluding hydrogens is 174 g/mol. The predicted octanol–water partition coefficient (Wildman–Crippen LogP) is 2.84. The molecule has 1 aromatic rings. The van der Waals surface area contributed by atoms with Crippen molar-refractivity contribution in [2.45, 2.75) is 53.0 Å². The molecule has 3 nitrogen and oxygen atoms in total. The third-order valence-corrected chi connectivity index (χ3v) is 2.39. The third kappa shape index (κ3) is 3.13. The molecule has 3 heteroatoms. The van der Waals surface area contributed by atoms with Crippen LogP contribution in [0.25, 0.3) is 0 Å². The maximum absolute atomic E-state index is 4.10. The average molecular weight is 195 g/mol. The predicted molar refractivity (Wildman–Crippen MR) is 58.2 cm³/mol. The van der Waals surface area contributed by atoms with E-state index in [2.05, 4.69) is 38.0 Å². The largest absolute Gasteiger partial charge is 0.249 e. The highest BCUT2D eigenvalue weighted by molar-refractivity contribution is 4.99. The van der Waals surface area contributed by atoms with Gasteiger partial charge in [0.25, 0.3) is 0 Å². The highest BCUT2D eigenvalue weighted by Crippen LogP contribution is 2.13. The van der Waals surface area contributed by atoms with Crippen LogP contribution in [-0.4, -0.2) is 15.0 Å². The Morgan fingerprint density at radius 2 is 2.00 bits per heavy atom. The van der Waals surface area contributed by atoms with Crippen molar-refractivity contribution in [1.29, 1.82) is 0 Å². The van der Waals surface area contributed by atoms with E-state index < -0.39 is 0 Å². The van der Waals surface area contributed by atoms with E-state index in [9.17, 15) is 0 Å². The van der Waals surface area contributed by atoms with Gasteiger partial charge in [0.15, 0.2) is 0 Å². The third-order valence-electron chi connectivity index (χ3n) is 2.39. The zero-order valence-electron chi connectivity index (χ0n) is 9.70. The summed E-state index contributed by atoms with van der Waals surface area (Å²) in [6.45, 7) is 9.87. The lowest BCUT2D eigenvalue weighted by atomic mass is 10.1. The van der Waals surface area contributed by atoms with E-state index in [4.69, 9.17) is 0 Å². The maximum atomic E-state index is 4.10. The van der Waals surface area contributed by atoms with Crippen molar-refractivity contribution >= 4 is 0 Å². The number of nitrogens with zero attached hydrogens (tertiary/aromatic N) is 3. The molecule has 0 fully saturated rings. The van der Waals surface area contributed by atoms with Gasteiger partial charge in [0.2, 0.25) is 0 Å². The van der Waals surface area contributed by atoms with E-state index in [1.807, 2.05) is 10.9 Å². The van der Waals surface area contributed by atoms with Gasteiger partial charge in [0.1, 0.15) is 0 Å². The number of aryl methyl sites for hydroxylation is 1. The summed E-state index contributed by atoms with van der Waals surface area (Å²) in [7, 11) is 0. The Kier molecular flexibility index (Phi) is 4.11. The first-order valence-electron chi connectivity index (χ1n) is 5.49. The quantitative estimate of drug-likeness (QED) is 0.723. The summed E-state index contributed by atoms with van der Waals surface area (Å²) >= 11 is 0. The molecule has 0 aliphatic rings.